The van der Waals surface area contributed by atoms with Crippen molar-refractivity contribution in [3.05, 3.63) is 94.5 Å². The number of aromatic amines is 1. The summed E-state index contributed by atoms with van der Waals surface area (Å²) in [5, 5.41) is 17.8. The summed E-state index contributed by atoms with van der Waals surface area (Å²) in [4.78, 5) is 32.3. The Morgan fingerprint density at radius 1 is 1.02 bits per heavy atom. The van der Waals surface area contributed by atoms with Crippen molar-refractivity contribution >= 4 is 28.4 Å². The van der Waals surface area contributed by atoms with Crippen molar-refractivity contribution in [2.75, 3.05) is 30.4 Å². The number of H-pyrrole nitrogens is 1. The molecule has 13 heteroatoms. The van der Waals surface area contributed by atoms with E-state index < -0.39 is 23.1 Å². The van der Waals surface area contributed by atoms with Gasteiger partial charge in [0.1, 0.15) is 22.5 Å². The van der Waals surface area contributed by atoms with E-state index in [4.69, 9.17) is 4.74 Å². The van der Waals surface area contributed by atoms with E-state index in [0.717, 1.165) is 36.7 Å². The van der Waals surface area contributed by atoms with Gasteiger partial charge in [-0.2, -0.15) is 14.9 Å². The highest BCUT2D eigenvalue weighted by molar-refractivity contribution is 6.04. The van der Waals surface area contributed by atoms with Gasteiger partial charge in [-0.3, -0.25) is 14.7 Å². The van der Waals surface area contributed by atoms with E-state index in [1.54, 1.807) is 12.3 Å². The number of aromatic nitrogens is 5. The van der Waals surface area contributed by atoms with E-state index in [1.807, 2.05) is 7.05 Å². The molecule has 0 saturated carbocycles. The predicted octanol–water partition coefficient (Wildman–Crippen LogP) is 4.01. The molecule has 6 rings (SSSR count). The number of hydrogen-bond acceptors (Lipinski definition) is 8. The molecule has 1 aliphatic rings. The Balaban J connectivity index is 1.21. The Labute approximate surface area is 238 Å². The minimum Gasteiger partial charge on any atom is -0.453 e. The molecule has 0 unspecified atom stereocenters. The van der Waals surface area contributed by atoms with Crippen molar-refractivity contribution < 1.29 is 18.3 Å². The number of rotatable bonds is 7. The molecule has 1 fully saturated rings. The first-order chi connectivity index (χ1) is 20.4. The molecule has 0 radical (unpaired) electrons. The summed E-state index contributed by atoms with van der Waals surface area (Å²) in [7, 11) is 1.95. The summed E-state index contributed by atoms with van der Waals surface area (Å²) in [5.74, 6) is -0.949. The fourth-order valence-corrected chi connectivity index (χ4v) is 4.93. The summed E-state index contributed by atoms with van der Waals surface area (Å²) in [6.45, 7) is 1.60. The van der Waals surface area contributed by atoms with E-state index in [2.05, 4.69) is 35.8 Å². The number of hydrogen-bond donors (Lipinski definition) is 3. The maximum atomic E-state index is 15.2. The number of benzene rings is 2. The molecular formula is C29H26F2N8O3. The number of carbonyl (C=O) groups excluding carboxylic acids is 1. The van der Waals surface area contributed by atoms with Gasteiger partial charge in [0.2, 0.25) is 0 Å². The normalized spacial score (nSPS) is 13.8. The van der Waals surface area contributed by atoms with Crippen LogP contribution in [0, 0.1) is 11.6 Å². The average molecular weight is 573 g/mol. The van der Waals surface area contributed by atoms with Gasteiger partial charge in [-0.1, -0.05) is 0 Å². The molecule has 4 heterocycles. The van der Waals surface area contributed by atoms with Gasteiger partial charge in [0.25, 0.3) is 11.5 Å². The van der Waals surface area contributed by atoms with Crippen LogP contribution in [-0.2, 0) is 0 Å². The monoisotopic (exact) mass is 572 g/mol. The summed E-state index contributed by atoms with van der Waals surface area (Å²) in [6.07, 6.45) is 4.75. The lowest BCUT2D eigenvalue weighted by Gasteiger charge is -2.32. The van der Waals surface area contributed by atoms with E-state index in [9.17, 15) is 14.0 Å². The third-order valence-corrected chi connectivity index (χ3v) is 7.18. The molecule has 5 aromatic rings. The maximum absolute atomic E-state index is 15.2. The van der Waals surface area contributed by atoms with E-state index in [0.29, 0.717) is 28.6 Å². The minimum atomic E-state index is -0.757. The summed E-state index contributed by atoms with van der Waals surface area (Å²) < 4.78 is 35.5. The smallest absolute Gasteiger partial charge is 0.284 e. The second-order valence-electron chi connectivity index (χ2n) is 9.77. The molecule has 0 aliphatic carbocycles. The van der Waals surface area contributed by atoms with Crippen LogP contribution in [0.4, 0.5) is 20.3 Å². The first-order valence-electron chi connectivity index (χ1n) is 13.3. The Kier molecular flexibility index (Phi) is 7.32. The van der Waals surface area contributed by atoms with Crippen LogP contribution in [0.1, 0.15) is 23.2 Å². The van der Waals surface area contributed by atoms with Crippen LogP contribution >= 0.6 is 0 Å². The largest absolute Gasteiger partial charge is 0.453 e. The second-order valence-corrected chi connectivity index (χ2v) is 9.77. The van der Waals surface area contributed by atoms with Gasteiger partial charge in [-0.15, -0.1) is 0 Å². The van der Waals surface area contributed by atoms with Crippen LogP contribution in [-0.4, -0.2) is 57.0 Å². The highest BCUT2D eigenvalue weighted by Crippen LogP contribution is 2.36. The van der Waals surface area contributed by atoms with Crippen molar-refractivity contribution in [3.8, 4) is 17.2 Å². The highest BCUT2D eigenvalue weighted by Gasteiger charge is 2.24. The Morgan fingerprint density at radius 2 is 1.81 bits per heavy atom. The zero-order valence-corrected chi connectivity index (χ0v) is 22.5. The van der Waals surface area contributed by atoms with Crippen LogP contribution in [0.5, 0.6) is 11.5 Å². The van der Waals surface area contributed by atoms with E-state index in [1.165, 1.54) is 48.7 Å². The van der Waals surface area contributed by atoms with Crippen molar-refractivity contribution in [2.24, 2.45) is 0 Å². The highest BCUT2D eigenvalue weighted by atomic mass is 19.1. The zero-order chi connectivity index (χ0) is 29.2. The third kappa shape index (κ3) is 5.29. The number of amides is 1. The number of pyridine rings is 1. The molecule has 2 aromatic carbocycles. The molecule has 42 heavy (non-hydrogen) atoms. The molecule has 1 saturated heterocycles. The quantitative estimate of drug-likeness (QED) is 0.267. The Hall–Kier alpha value is -5.17. The number of piperidine rings is 1. The molecular weight excluding hydrogens is 546 g/mol. The fourth-order valence-electron chi connectivity index (χ4n) is 4.93. The molecule has 1 amide bonds. The number of nitrogens with one attached hydrogen (secondary N) is 3. The first-order valence-corrected chi connectivity index (χ1v) is 13.3. The maximum Gasteiger partial charge on any atom is 0.284 e. The minimum absolute atomic E-state index is 0.0656. The number of nitrogens with zero attached hydrogens (tertiary/aromatic N) is 5. The number of halogens is 2. The van der Waals surface area contributed by atoms with Gasteiger partial charge in [-0.25, -0.2) is 13.8 Å². The summed E-state index contributed by atoms with van der Waals surface area (Å²) in [5.41, 5.74) is -0.00999. The molecule has 0 spiro atoms. The molecule has 214 valence electrons. The third-order valence-electron chi connectivity index (χ3n) is 7.18. The van der Waals surface area contributed by atoms with Crippen LogP contribution < -0.4 is 25.8 Å². The first kappa shape index (κ1) is 27.0. The van der Waals surface area contributed by atoms with E-state index in [-0.39, 0.29) is 22.7 Å². The van der Waals surface area contributed by atoms with Gasteiger partial charge < -0.3 is 20.3 Å². The van der Waals surface area contributed by atoms with Gasteiger partial charge in [0.05, 0.1) is 5.69 Å². The molecule has 1 aliphatic heterocycles. The van der Waals surface area contributed by atoms with Gasteiger partial charge in [-0.05, 0) is 62.4 Å². The topological polar surface area (TPSA) is 130 Å². The SMILES string of the molecule is CNC1CCN(c2n[nH]c3nccc(Oc4ccc(NC(=O)c5ccnn(-c6ccc(F)cc6)c5=O)cc4F)c23)CC1. The van der Waals surface area contributed by atoms with Crippen LogP contribution in [0.25, 0.3) is 16.7 Å². The number of anilines is 2. The lowest BCUT2D eigenvalue weighted by Crippen LogP contribution is -2.41. The van der Waals surface area contributed by atoms with Crippen LogP contribution in [0.3, 0.4) is 0 Å². The summed E-state index contributed by atoms with van der Waals surface area (Å²) >= 11 is 0. The number of carbonyl (C=O) groups is 1. The molecule has 3 aromatic heterocycles. The Bertz CT molecular complexity index is 1810. The van der Waals surface area contributed by atoms with Gasteiger partial charge in [0, 0.05) is 49.3 Å². The zero-order valence-electron chi connectivity index (χ0n) is 22.5. The van der Waals surface area contributed by atoms with Crippen molar-refractivity contribution in [1.29, 1.82) is 0 Å². The van der Waals surface area contributed by atoms with Crippen molar-refractivity contribution in [1.82, 2.24) is 30.3 Å². The molecule has 0 atom stereocenters. The molecule has 3 N–H and O–H groups in total. The Morgan fingerprint density at radius 3 is 2.55 bits per heavy atom. The predicted molar refractivity (Wildman–Crippen MR) is 152 cm³/mol. The van der Waals surface area contributed by atoms with E-state index >= 15 is 4.39 Å². The average Bonchev–Trinajstić information content (AvgIpc) is 3.44. The summed E-state index contributed by atoms with van der Waals surface area (Å²) in [6, 6.07) is 12.4. The van der Waals surface area contributed by atoms with Crippen LogP contribution in [0.15, 0.2) is 71.8 Å². The lowest BCUT2D eigenvalue weighted by atomic mass is 10.1. The number of fused-ring (bicyclic) bond motifs is 1. The second kappa shape index (κ2) is 11.4. The van der Waals surface area contributed by atoms with Crippen molar-refractivity contribution in [3.63, 3.8) is 0 Å². The fraction of sp³-hybridized carbons (Fsp3) is 0.207. The molecule has 11 nitrogen and oxygen atoms in total. The van der Waals surface area contributed by atoms with Crippen LogP contribution in [0.2, 0.25) is 0 Å². The van der Waals surface area contributed by atoms with Gasteiger partial charge >= 0.3 is 0 Å². The van der Waals surface area contributed by atoms with Crippen molar-refractivity contribution in [2.45, 2.75) is 18.9 Å². The van der Waals surface area contributed by atoms with Gasteiger partial charge in [0.15, 0.2) is 23.0 Å². The molecule has 0 bridgehead atoms. The lowest BCUT2D eigenvalue weighted by molar-refractivity contribution is 0.102. The number of ether oxygens (including phenoxy) is 1. The standard InChI is InChI=1S/C29H26F2N8O3/c1-32-18-10-14-38(15-11-18)27-25-24(9-12-33-26(25)36-37-27)42-23-7-4-19(16-22(23)31)35-28(40)21-8-13-34-39(29(21)41)20-5-2-17(30)3-6-20/h2-9,12-13,16,18,32H,10-11,14-15H2,1H3,(H,35,40)(H,33,36,37).